The average Bonchev–Trinajstić information content (AvgIpc) is 2.30. The Morgan fingerprint density at radius 2 is 2.12 bits per heavy atom. The molecule has 1 heterocycles. The number of aliphatic hydroxyl groups excluding tert-OH is 1. The second-order valence-electron chi connectivity index (χ2n) is 3.70. The summed E-state index contributed by atoms with van der Waals surface area (Å²) < 4.78 is 5.45. The molecule has 0 saturated heterocycles. The molecule has 1 aromatic heterocycles. The maximum Gasteiger partial charge on any atom is 0.120 e. The van der Waals surface area contributed by atoms with Crippen LogP contribution >= 0.6 is 0 Å². The minimum atomic E-state index is -0.0238. The fourth-order valence-corrected chi connectivity index (χ4v) is 1.78. The molecule has 0 amide bonds. The fraction of sp³-hybridized carbons (Fsp3) is 0.308. The molecular weight excluding hydrogens is 202 g/mol. The number of fused-ring (bicyclic) bond motifs is 1. The van der Waals surface area contributed by atoms with Gasteiger partial charge in [0.1, 0.15) is 5.75 Å². The van der Waals surface area contributed by atoms with E-state index in [1.165, 1.54) is 0 Å². The van der Waals surface area contributed by atoms with Crippen molar-refractivity contribution in [3.05, 3.63) is 35.5 Å². The molecule has 0 aliphatic rings. The van der Waals surface area contributed by atoms with E-state index in [2.05, 4.69) is 4.98 Å². The van der Waals surface area contributed by atoms with Crippen LogP contribution in [0.5, 0.6) is 5.75 Å². The van der Waals surface area contributed by atoms with Crippen LogP contribution in [0.1, 0.15) is 18.2 Å². The number of hydrogen-bond acceptors (Lipinski definition) is 3. The number of hydrogen-bond donors (Lipinski definition) is 1. The van der Waals surface area contributed by atoms with Crippen LogP contribution in [0.15, 0.2) is 24.3 Å². The summed E-state index contributed by atoms with van der Waals surface area (Å²) in [6.45, 7) is 4.61. The van der Waals surface area contributed by atoms with Gasteiger partial charge in [0.25, 0.3) is 0 Å². The first-order chi connectivity index (χ1) is 7.74. The quantitative estimate of drug-likeness (QED) is 0.858. The minimum absolute atomic E-state index is 0.0238. The highest BCUT2D eigenvalue weighted by atomic mass is 16.5. The van der Waals surface area contributed by atoms with Gasteiger partial charge in [0, 0.05) is 5.39 Å². The molecule has 84 valence electrons. The molecule has 0 saturated carbocycles. The minimum Gasteiger partial charge on any atom is -0.494 e. The molecule has 0 atom stereocenters. The molecule has 0 radical (unpaired) electrons. The van der Waals surface area contributed by atoms with Crippen molar-refractivity contribution in [3.8, 4) is 5.75 Å². The van der Waals surface area contributed by atoms with Gasteiger partial charge in [0.2, 0.25) is 0 Å². The predicted molar refractivity (Wildman–Crippen MR) is 63.6 cm³/mol. The van der Waals surface area contributed by atoms with E-state index in [0.29, 0.717) is 12.3 Å². The van der Waals surface area contributed by atoms with Crippen LogP contribution in [-0.2, 0) is 6.61 Å². The lowest BCUT2D eigenvalue weighted by molar-refractivity contribution is 0.277. The highest BCUT2D eigenvalue weighted by molar-refractivity contribution is 5.83. The number of benzene rings is 1. The Morgan fingerprint density at radius 3 is 2.81 bits per heavy atom. The Bertz CT molecular complexity index is 509. The molecular formula is C13H15NO2. The fourth-order valence-electron chi connectivity index (χ4n) is 1.78. The zero-order valence-electron chi connectivity index (χ0n) is 9.53. The van der Waals surface area contributed by atoms with Crippen LogP contribution in [0.25, 0.3) is 10.9 Å². The molecule has 2 rings (SSSR count). The zero-order valence-corrected chi connectivity index (χ0v) is 9.53. The standard InChI is InChI=1S/C13H15NO2/c1-3-16-11-4-5-13-12(7-11)9(2)6-10(8-15)14-13/h4-7,15H,3,8H2,1-2H3. The van der Waals surface area contributed by atoms with Crippen LogP contribution in [0, 0.1) is 6.92 Å². The van der Waals surface area contributed by atoms with Gasteiger partial charge < -0.3 is 9.84 Å². The van der Waals surface area contributed by atoms with Crippen molar-refractivity contribution in [3.63, 3.8) is 0 Å². The third-order valence-electron chi connectivity index (χ3n) is 2.51. The molecule has 3 nitrogen and oxygen atoms in total. The number of rotatable bonds is 3. The van der Waals surface area contributed by atoms with Gasteiger partial charge in [0.05, 0.1) is 24.4 Å². The smallest absolute Gasteiger partial charge is 0.120 e. The number of aliphatic hydroxyl groups is 1. The number of pyridine rings is 1. The van der Waals surface area contributed by atoms with E-state index in [-0.39, 0.29) is 6.61 Å². The van der Waals surface area contributed by atoms with E-state index in [0.717, 1.165) is 22.2 Å². The van der Waals surface area contributed by atoms with Gasteiger partial charge in [-0.2, -0.15) is 0 Å². The van der Waals surface area contributed by atoms with Gasteiger partial charge >= 0.3 is 0 Å². The van der Waals surface area contributed by atoms with Crippen LogP contribution in [0.4, 0.5) is 0 Å². The van der Waals surface area contributed by atoms with Crippen LogP contribution in [0.2, 0.25) is 0 Å². The summed E-state index contributed by atoms with van der Waals surface area (Å²) in [5.41, 5.74) is 2.71. The molecule has 16 heavy (non-hydrogen) atoms. The predicted octanol–water partition coefficient (Wildman–Crippen LogP) is 2.43. The van der Waals surface area contributed by atoms with Crippen LogP contribution < -0.4 is 4.74 Å². The topological polar surface area (TPSA) is 42.4 Å². The summed E-state index contributed by atoms with van der Waals surface area (Å²) in [5, 5.41) is 10.1. The van der Waals surface area contributed by atoms with Crippen molar-refractivity contribution < 1.29 is 9.84 Å². The van der Waals surface area contributed by atoms with E-state index < -0.39 is 0 Å². The molecule has 3 heteroatoms. The number of ether oxygens (including phenoxy) is 1. The molecule has 0 bridgehead atoms. The molecule has 0 spiro atoms. The third-order valence-corrected chi connectivity index (χ3v) is 2.51. The molecule has 0 aliphatic carbocycles. The van der Waals surface area contributed by atoms with Gasteiger partial charge in [-0.25, -0.2) is 0 Å². The zero-order chi connectivity index (χ0) is 11.5. The molecule has 0 fully saturated rings. The van der Waals surface area contributed by atoms with E-state index >= 15 is 0 Å². The van der Waals surface area contributed by atoms with E-state index in [1.807, 2.05) is 38.1 Å². The lowest BCUT2D eigenvalue weighted by Crippen LogP contribution is -1.95. The highest BCUT2D eigenvalue weighted by Crippen LogP contribution is 2.23. The summed E-state index contributed by atoms with van der Waals surface area (Å²) in [5.74, 6) is 0.858. The van der Waals surface area contributed by atoms with Crippen molar-refractivity contribution in [2.24, 2.45) is 0 Å². The number of aryl methyl sites for hydroxylation is 1. The summed E-state index contributed by atoms with van der Waals surface area (Å²) >= 11 is 0. The Labute approximate surface area is 94.7 Å². The largest absolute Gasteiger partial charge is 0.494 e. The first kappa shape index (κ1) is 10.9. The first-order valence-corrected chi connectivity index (χ1v) is 5.38. The van der Waals surface area contributed by atoms with E-state index in [4.69, 9.17) is 9.84 Å². The Morgan fingerprint density at radius 1 is 1.31 bits per heavy atom. The van der Waals surface area contributed by atoms with Crippen molar-refractivity contribution >= 4 is 10.9 Å². The SMILES string of the molecule is CCOc1ccc2nc(CO)cc(C)c2c1. The van der Waals surface area contributed by atoms with Gasteiger partial charge in [-0.05, 0) is 43.7 Å². The van der Waals surface area contributed by atoms with Gasteiger partial charge in [0.15, 0.2) is 0 Å². The van der Waals surface area contributed by atoms with E-state index in [1.54, 1.807) is 0 Å². The summed E-state index contributed by atoms with van der Waals surface area (Å²) in [6.07, 6.45) is 0. The van der Waals surface area contributed by atoms with Crippen molar-refractivity contribution in [2.75, 3.05) is 6.61 Å². The molecule has 1 N–H and O–H groups in total. The molecule has 0 aliphatic heterocycles. The van der Waals surface area contributed by atoms with Crippen molar-refractivity contribution in [1.82, 2.24) is 4.98 Å². The molecule has 1 aromatic carbocycles. The second kappa shape index (κ2) is 4.49. The first-order valence-electron chi connectivity index (χ1n) is 5.38. The van der Waals surface area contributed by atoms with Gasteiger partial charge in [-0.15, -0.1) is 0 Å². The molecule has 0 unspecified atom stereocenters. The van der Waals surface area contributed by atoms with Crippen LogP contribution in [-0.4, -0.2) is 16.7 Å². The Hall–Kier alpha value is -1.61. The van der Waals surface area contributed by atoms with Gasteiger partial charge in [-0.3, -0.25) is 4.98 Å². The van der Waals surface area contributed by atoms with Crippen molar-refractivity contribution in [1.29, 1.82) is 0 Å². The van der Waals surface area contributed by atoms with Gasteiger partial charge in [-0.1, -0.05) is 0 Å². The summed E-state index contributed by atoms with van der Waals surface area (Å²) in [4.78, 5) is 4.35. The molecule has 2 aromatic rings. The second-order valence-corrected chi connectivity index (χ2v) is 3.70. The monoisotopic (exact) mass is 217 g/mol. The lowest BCUT2D eigenvalue weighted by Gasteiger charge is -2.07. The van der Waals surface area contributed by atoms with Crippen LogP contribution in [0.3, 0.4) is 0 Å². The normalized spacial score (nSPS) is 10.7. The summed E-state index contributed by atoms with van der Waals surface area (Å²) in [7, 11) is 0. The maximum atomic E-state index is 9.07. The Kier molecular flexibility index (Phi) is 3.06. The maximum absolute atomic E-state index is 9.07. The average molecular weight is 217 g/mol. The lowest BCUT2D eigenvalue weighted by atomic mass is 10.1. The number of aromatic nitrogens is 1. The third kappa shape index (κ3) is 1.99. The van der Waals surface area contributed by atoms with Crippen molar-refractivity contribution in [2.45, 2.75) is 20.5 Å². The Balaban J connectivity index is 2.56. The van der Waals surface area contributed by atoms with E-state index in [9.17, 15) is 0 Å². The summed E-state index contributed by atoms with van der Waals surface area (Å²) in [6, 6.07) is 7.71. The highest BCUT2D eigenvalue weighted by Gasteiger charge is 2.03. The number of nitrogens with zero attached hydrogens (tertiary/aromatic N) is 1.